The first-order chi connectivity index (χ1) is 14.8. The number of thiocarbonyl (C=S) groups is 1. The van der Waals surface area contributed by atoms with Crippen LogP contribution >= 0.6 is 12.2 Å². The number of halogens is 1. The number of amides is 1. The molecule has 0 aliphatic carbocycles. The van der Waals surface area contributed by atoms with Gasteiger partial charge in [-0.25, -0.2) is 9.37 Å². The van der Waals surface area contributed by atoms with E-state index in [2.05, 4.69) is 15.6 Å². The number of phenols is 1. The maximum Gasteiger partial charge on any atom is 0.260 e. The van der Waals surface area contributed by atoms with Crippen molar-refractivity contribution in [3.05, 3.63) is 77.1 Å². The molecular weight excluding hydrogens is 417 g/mol. The topological polar surface area (TPSA) is 87.4 Å². The van der Waals surface area contributed by atoms with E-state index >= 15 is 0 Å². The normalized spacial score (nSPS) is 10.8. The van der Waals surface area contributed by atoms with Gasteiger partial charge in [0.15, 0.2) is 10.7 Å². The molecular formula is C23H18FN3O3S. The van der Waals surface area contributed by atoms with Crippen LogP contribution in [-0.4, -0.2) is 21.1 Å². The van der Waals surface area contributed by atoms with Crippen LogP contribution in [0.25, 0.3) is 22.6 Å². The van der Waals surface area contributed by atoms with E-state index in [4.69, 9.17) is 16.6 Å². The number of hydrogen-bond acceptors (Lipinski definition) is 5. The van der Waals surface area contributed by atoms with E-state index in [0.29, 0.717) is 22.4 Å². The Hall–Kier alpha value is -3.78. The molecule has 4 aromatic rings. The predicted octanol–water partition coefficient (Wildman–Crippen LogP) is 5.08. The molecule has 3 aromatic carbocycles. The lowest BCUT2D eigenvalue weighted by Gasteiger charge is -2.11. The van der Waals surface area contributed by atoms with Gasteiger partial charge in [-0.1, -0.05) is 18.2 Å². The van der Waals surface area contributed by atoms with Crippen LogP contribution in [0.15, 0.2) is 59.0 Å². The SMILES string of the molecule is Cc1cc(C)c2oc(-c3cc(NC(=S)NC(=O)c4ccccc4F)ccc3O)nc2c1. The lowest BCUT2D eigenvalue weighted by molar-refractivity contribution is 0.0974. The summed E-state index contributed by atoms with van der Waals surface area (Å²) >= 11 is 5.17. The molecule has 31 heavy (non-hydrogen) atoms. The van der Waals surface area contributed by atoms with E-state index < -0.39 is 11.7 Å². The molecule has 1 heterocycles. The molecule has 0 spiro atoms. The molecule has 156 valence electrons. The van der Waals surface area contributed by atoms with Gasteiger partial charge < -0.3 is 14.8 Å². The molecule has 0 saturated carbocycles. The molecule has 3 N–H and O–H groups in total. The molecule has 0 fully saturated rings. The van der Waals surface area contributed by atoms with E-state index in [1.54, 1.807) is 18.2 Å². The molecule has 1 aromatic heterocycles. The maximum absolute atomic E-state index is 13.8. The minimum absolute atomic E-state index is 0.0195. The molecule has 6 nitrogen and oxygen atoms in total. The number of rotatable bonds is 3. The van der Waals surface area contributed by atoms with Crippen molar-refractivity contribution < 1.29 is 18.7 Å². The molecule has 0 atom stereocenters. The second kappa shape index (κ2) is 8.16. The smallest absolute Gasteiger partial charge is 0.260 e. The molecule has 0 aliphatic rings. The van der Waals surface area contributed by atoms with Gasteiger partial charge in [-0.15, -0.1) is 0 Å². The monoisotopic (exact) mass is 435 g/mol. The average Bonchev–Trinajstić information content (AvgIpc) is 3.13. The maximum atomic E-state index is 13.8. The summed E-state index contributed by atoms with van der Waals surface area (Å²) in [6.07, 6.45) is 0. The number of benzene rings is 3. The standard InChI is InChI=1S/C23H18FN3O3S/c1-12-9-13(2)20-18(10-12)26-22(30-20)16-11-14(7-8-19(16)28)25-23(31)27-21(29)15-5-3-4-6-17(15)24/h3-11,28H,1-2H3,(H2,25,27,29,31). The molecule has 4 rings (SSSR count). The Labute approximate surface area is 182 Å². The van der Waals surface area contributed by atoms with E-state index in [1.165, 1.54) is 24.3 Å². The quantitative estimate of drug-likeness (QED) is 0.307. The van der Waals surface area contributed by atoms with Crippen molar-refractivity contribution in [2.75, 3.05) is 5.32 Å². The van der Waals surface area contributed by atoms with Crippen molar-refractivity contribution in [1.82, 2.24) is 10.3 Å². The van der Waals surface area contributed by atoms with Crippen LogP contribution < -0.4 is 10.6 Å². The molecule has 0 saturated heterocycles. The van der Waals surface area contributed by atoms with Gasteiger partial charge in [-0.3, -0.25) is 10.1 Å². The lowest BCUT2D eigenvalue weighted by Crippen LogP contribution is -2.34. The van der Waals surface area contributed by atoms with Crippen LogP contribution in [0.4, 0.5) is 10.1 Å². The Morgan fingerprint density at radius 3 is 2.68 bits per heavy atom. The van der Waals surface area contributed by atoms with Crippen molar-refractivity contribution in [3.63, 3.8) is 0 Å². The Balaban J connectivity index is 1.57. The van der Waals surface area contributed by atoms with Gasteiger partial charge in [0.2, 0.25) is 5.89 Å². The first-order valence-corrected chi connectivity index (χ1v) is 9.80. The predicted molar refractivity (Wildman–Crippen MR) is 121 cm³/mol. The fraction of sp³-hybridized carbons (Fsp3) is 0.0870. The first-order valence-electron chi connectivity index (χ1n) is 9.40. The highest BCUT2D eigenvalue weighted by Gasteiger charge is 2.16. The van der Waals surface area contributed by atoms with E-state index in [1.807, 2.05) is 26.0 Å². The van der Waals surface area contributed by atoms with Gasteiger partial charge in [0, 0.05) is 5.69 Å². The summed E-state index contributed by atoms with van der Waals surface area (Å²) in [5.41, 5.74) is 4.07. The first kappa shape index (κ1) is 20.5. The molecule has 8 heteroatoms. The average molecular weight is 435 g/mol. The van der Waals surface area contributed by atoms with E-state index in [-0.39, 0.29) is 22.3 Å². The van der Waals surface area contributed by atoms with Crippen molar-refractivity contribution >= 4 is 40.0 Å². The lowest BCUT2D eigenvalue weighted by atomic mass is 10.1. The van der Waals surface area contributed by atoms with Crippen LogP contribution in [0.2, 0.25) is 0 Å². The minimum Gasteiger partial charge on any atom is -0.507 e. The van der Waals surface area contributed by atoms with Crippen LogP contribution in [0, 0.1) is 19.7 Å². The number of aryl methyl sites for hydroxylation is 2. The summed E-state index contributed by atoms with van der Waals surface area (Å²) < 4.78 is 19.6. The molecule has 0 bridgehead atoms. The van der Waals surface area contributed by atoms with Crippen LogP contribution in [0.5, 0.6) is 5.75 Å². The number of phenolic OH excluding ortho intramolecular Hbond substituents is 1. The molecule has 1 amide bonds. The van der Waals surface area contributed by atoms with Gasteiger partial charge in [0.1, 0.15) is 17.1 Å². The van der Waals surface area contributed by atoms with Crippen molar-refractivity contribution in [1.29, 1.82) is 0 Å². The summed E-state index contributed by atoms with van der Waals surface area (Å²) in [5, 5.41) is 15.6. The van der Waals surface area contributed by atoms with Gasteiger partial charge in [-0.05, 0) is 73.6 Å². The van der Waals surface area contributed by atoms with Gasteiger partial charge in [-0.2, -0.15) is 0 Å². The van der Waals surface area contributed by atoms with Crippen LogP contribution in [0.3, 0.4) is 0 Å². The Morgan fingerprint density at radius 1 is 1.13 bits per heavy atom. The van der Waals surface area contributed by atoms with Crippen LogP contribution in [0.1, 0.15) is 21.5 Å². The van der Waals surface area contributed by atoms with E-state index in [0.717, 1.165) is 11.1 Å². The molecule has 0 unspecified atom stereocenters. The second-order valence-electron chi connectivity index (χ2n) is 7.07. The summed E-state index contributed by atoms with van der Waals surface area (Å²) in [6, 6.07) is 14.2. The Bertz CT molecular complexity index is 1330. The summed E-state index contributed by atoms with van der Waals surface area (Å²) in [7, 11) is 0. The number of aromatic hydroxyl groups is 1. The number of carbonyl (C=O) groups excluding carboxylic acids is 1. The third-order valence-corrected chi connectivity index (χ3v) is 4.85. The van der Waals surface area contributed by atoms with Crippen LogP contribution in [-0.2, 0) is 0 Å². The molecule has 0 aliphatic heterocycles. The highest BCUT2D eigenvalue weighted by molar-refractivity contribution is 7.80. The van der Waals surface area contributed by atoms with Gasteiger partial charge in [0.05, 0.1) is 11.1 Å². The number of carbonyl (C=O) groups is 1. The minimum atomic E-state index is -0.667. The fourth-order valence-electron chi connectivity index (χ4n) is 3.26. The van der Waals surface area contributed by atoms with E-state index in [9.17, 15) is 14.3 Å². The summed E-state index contributed by atoms with van der Waals surface area (Å²) in [5.74, 6) is -1.07. The number of fused-ring (bicyclic) bond motifs is 1. The number of nitrogens with zero attached hydrogens (tertiary/aromatic N) is 1. The third-order valence-electron chi connectivity index (χ3n) is 4.65. The second-order valence-corrected chi connectivity index (χ2v) is 7.48. The zero-order valence-electron chi connectivity index (χ0n) is 16.7. The largest absolute Gasteiger partial charge is 0.507 e. The van der Waals surface area contributed by atoms with Crippen molar-refractivity contribution in [2.45, 2.75) is 13.8 Å². The van der Waals surface area contributed by atoms with Crippen molar-refractivity contribution in [2.24, 2.45) is 0 Å². The Morgan fingerprint density at radius 2 is 1.90 bits per heavy atom. The van der Waals surface area contributed by atoms with Gasteiger partial charge in [0.25, 0.3) is 5.91 Å². The number of aromatic nitrogens is 1. The van der Waals surface area contributed by atoms with Crippen molar-refractivity contribution in [3.8, 4) is 17.2 Å². The number of nitrogens with one attached hydrogen (secondary N) is 2. The third kappa shape index (κ3) is 4.24. The zero-order chi connectivity index (χ0) is 22.1. The number of anilines is 1. The molecule has 0 radical (unpaired) electrons. The highest BCUT2D eigenvalue weighted by atomic mass is 32.1. The summed E-state index contributed by atoms with van der Waals surface area (Å²) in [6.45, 7) is 3.90. The Kier molecular flexibility index (Phi) is 5.39. The zero-order valence-corrected chi connectivity index (χ0v) is 17.5. The highest BCUT2D eigenvalue weighted by Crippen LogP contribution is 2.34. The fourth-order valence-corrected chi connectivity index (χ4v) is 3.47. The number of oxazole rings is 1. The van der Waals surface area contributed by atoms with Gasteiger partial charge >= 0.3 is 0 Å². The summed E-state index contributed by atoms with van der Waals surface area (Å²) in [4.78, 5) is 16.7. The number of hydrogen-bond donors (Lipinski definition) is 3.